The molecule has 0 aliphatic rings. The fourth-order valence-corrected chi connectivity index (χ4v) is 1.54. The van der Waals surface area contributed by atoms with Crippen molar-refractivity contribution < 1.29 is 9.59 Å². The highest BCUT2D eigenvalue weighted by atomic mass is 16.2. The Labute approximate surface area is 104 Å². The molecule has 0 bridgehead atoms. The monoisotopic (exact) mass is 243 g/mol. The molecule has 0 radical (unpaired) electrons. The van der Waals surface area contributed by atoms with Crippen LogP contribution in [0, 0.1) is 0 Å². The lowest BCUT2D eigenvalue weighted by molar-refractivity contribution is -0.130. The molecule has 5 nitrogen and oxygen atoms in total. The maximum atomic E-state index is 11.6. The fraction of sp³-hybridized carbons (Fsp3) is 0.833. The number of hydrogen-bond acceptors (Lipinski definition) is 3. The van der Waals surface area contributed by atoms with Crippen molar-refractivity contribution in [2.75, 3.05) is 32.7 Å². The van der Waals surface area contributed by atoms with Gasteiger partial charge in [0.05, 0.1) is 0 Å². The minimum absolute atomic E-state index is 0.0510. The lowest BCUT2D eigenvalue weighted by Gasteiger charge is -2.18. The first-order valence-electron chi connectivity index (χ1n) is 6.40. The Hall–Kier alpha value is -1.10. The molecule has 0 aliphatic heterocycles. The molecule has 0 rings (SSSR count). The quantitative estimate of drug-likeness (QED) is 0.575. The van der Waals surface area contributed by atoms with Crippen molar-refractivity contribution in [2.24, 2.45) is 0 Å². The van der Waals surface area contributed by atoms with Gasteiger partial charge in [-0.15, -0.1) is 0 Å². The molecule has 2 amide bonds. The molecule has 5 heteroatoms. The average Bonchev–Trinajstić information content (AvgIpc) is 2.30. The Morgan fingerprint density at radius 3 is 2.12 bits per heavy atom. The zero-order valence-corrected chi connectivity index (χ0v) is 11.2. The van der Waals surface area contributed by atoms with Crippen molar-refractivity contribution in [3.05, 3.63) is 0 Å². The minimum atomic E-state index is 0.0510. The third-order valence-corrected chi connectivity index (χ3v) is 2.53. The van der Waals surface area contributed by atoms with Gasteiger partial charge in [0.2, 0.25) is 11.8 Å². The van der Waals surface area contributed by atoms with Crippen LogP contribution in [0.3, 0.4) is 0 Å². The summed E-state index contributed by atoms with van der Waals surface area (Å²) >= 11 is 0. The van der Waals surface area contributed by atoms with Crippen LogP contribution < -0.4 is 10.6 Å². The van der Waals surface area contributed by atoms with Gasteiger partial charge in [0.25, 0.3) is 0 Å². The maximum Gasteiger partial charge on any atom is 0.223 e. The van der Waals surface area contributed by atoms with Crippen LogP contribution in [-0.4, -0.2) is 49.4 Å². The molecule has 0 spiro atoms. The van der Waals surface area contributed by atoms with Gasteiger partial charge >= 0.3 is 0 Å². The number of rotatable bonds is 9. The SMILES string of the molecule is CCNC(=O)CCNCCC(=O)N(CC)CC. The fourth-order valence-electron chi connectivity index (χ4n) is 1.54. The minimum Gasteiger partial charge on any atom is -0.356 e. The Morgan fingerprint density at radius 1 is 1.00 bits per heavy atom. The number of carbonyl (C=O) groups is 2. The summed E-state index contributed by atoms with van der Waals surface area (Å²) in [6.07, 6.45) is 0.963. The Bertz CT molecular complexity index is 228. The van der Waals surface area contributed by atoms with E-state index in [2.05, 4.69) is 10.6 Å². The van der Waals surface area contributed by atoms with Gasteiger partial charge in [0.1, 0.15) is 0 Å². The summed E-state index contributed by atoms with van der Waals surface area (Å²) in [7, 11) is 0. The summed E-state index contributed by atoms with van der Waals surface area (Å²) in [5, 5.41) is 5.83. The smallest absolute Gasteiger partial charge is 0.223 e. The van der Waals surface area contributed by atoms with Crippen molar-refractivity contribution in [1.29, 1.82) is 0 Å². The van der Waals surface area contributed by atoms with Gasteiger partial charge in [-0.3, -0.25) is 9.59 Å². The van der Waals surface area contributed by atoms with Crippen LogP contribution in [0.5, 0.6) is 0 Å². The van der Waals surface area contributed by atoms with Crippen LogP contribution in [-0.2, 0) is 9.59 Å². The van der Waals surface area contributed by atoms with Crippen LogP contribution in [0.15, 0.2) is 0 Å². The van der Waals surface area contributed by atoms with Crippen molar-refractivity contribution in [2.45, 2.75) is 33.6 Å². The Balaban J connectivity index is 3.51. The maximum absolute atomic E-state index is 11.6. The van der Waals surface area contributed by atoms with Gasteiger partial charge in [0, 0.05) is 45.6 Å². The highest BCUT2D eigenvalue weighted by Crippen LogP contribution is 1.92. The topological polar surface area (TPSA) is 61.4 Å². The first-order chi connectivity index (χ1) is 8.15. The van der Waals surface area contributed by atoms with E-state index in [-0.39, 0.29) is 11.8 Å². The van der Waals surface area contributed by atoms with Crippen molar-refractivity contribution >= 4 is 11.8 Å². The molecule has 0 saturated carbocycles. The molecule has 0 heterocycles. The van der Waals surface area contributed by atoms with E-state index in [9.17, 15) is 9.59 Å². The second kappa shape index (κ2) is 10.1. The molecule has 0 aromatic carbocycles. The zero-order valence-electron chi connectivity index (χ0n) is 11.2. The highest BCUT2D eigenvalue weighted by Gasteiger charge is 2.08. The molecule has 0 aliphatic carbocycles. The van der Waals surface area contributed by atoms with Crippen molar-refractivity contribution in [3.8, 4) is 0 Å². The largest absolute Gasteiger partial charge is 0.356 e. The molecule has 2 N–H and O–H groups in total. The number of hydrogen-bond donors (Lipinski definition) is 2. The highest BCUT2D eigenvalue weighted by molar-refractivity contribution is 5.76. The van der Waals surface area contributed by atoms with E-state index in [4.69, 9.17) is 0 Å². The van der Waals surface area contributed by atoms with Crippen LogP contribution in [0.2, 0.25) is 0 Å². The van der Waals surface area contributed by atoms with Gasteiger partial charge in [-0.05, 0) is 20.8 Å². The number of carbonyl (C=O) groups excluding carboxylic acids is 2. The van der Waals surface area contributed by atoms with Gasteiger partial charge in [-0.1, -0.05) is 0 Å². The lowest BCUT2D eigenvalue weighted by atomic mass is 10.3. The van der Waals surface area contributed by atoms with Crippen LogP contribution >= 0.6 is 0 Å². The molecule has 0 unspecified atom stereocenters. The van der Waals surface area contributed by atoms with Crippen LogP contribution in [0.1, 0.15) is 33.6 Å². The third kappa shape index (κ3) is 7.74. The van der Waals surface area contributed by atoms with E-state index in [1.807, 2.05) is 25.7 Å². The molecule has 0 saturated heterocycles. The van der Waals surface area contributed by atoms with Crippen LogP contribution in [0.4, 0.5) is 0 Å². The molecule has 0 fully saturated rings. The van der Waals surface area contributed by atoms with E-state index < -0.39 is 0 Å². The summed E-state index contributed by atoms with van der Waals surface area (Å²) < 4.78 is 0. The molecular weight excluding hydrogens is 218 g/mol. The third-order valence-electron chi connectivity index (χ3n) is 2.53. The second-order valence-corrected chi connectivity index (χ2v) is 3.77. The predicted octanol–water partition coefficient (Wildman–Crippen LogP) is 0.361. The summed E-state index contributed by atoms with van der Waals surface area (Å²) in [5.41, 5.74) is 0. The normalized spacial score (nSPS) is 10.1. The average molecular weight is 243 g/mol. The molecule has 0 atom stereocenters. The Kier molecular flexibility index (Phi) is 9.43. The summed E-state index contributed by atoms with van der Waals surface area (Å²) in [5.74, 6) is 0.218. The first kappa shape index (κ1) is 15.9. The first-order valence-corrected chi connectivity index (χ1v) is 6.40. The molecule has 0 aromatic heterocycles. The second-order valence-electron chi connectivity index (χ2n) is 3.77. The predicted molar refractivity (Wildman–Crippen MR) is 68.7 cm³/mol. The van der Waals surface area contributed by atoms with Gasteiger partial charge in [-0.2, -0.15) is 0 Å². The molecule has 100 valence electrons. The van der Waals surface area contributed by atoms with E-state index in [0.29, 0.717) is 32.5 Å². The van der Waals surface area contributed by atoms with E-state index >= 15 is 0 Å². The molecule has 0 aromatic rings. The number of nitrogens with zero attached hydrogens (tertiary/aromatic N) is 1. The molecular formula is C12H25N3O2. The number of amides is 2. The van der Waals surface area contributed by atoms with Gasteiger partial charge < -0.3 is 15.5 Å². The van der Waals surface area contributed by atoms with Gasteiger partial charge in [0.15, 0.2) is 0 Å². The summed E-state index contributed by atoms with van der Waals surface area (Å²) in [6.45, 7) is 9.29. The van der Waals surface area contributed by atoms with Crippen LogP contribution in [0.25, 0.3) is 0 Å². The standard InChI is InChI=1S/C12H25N3O2/c1-4-14-11(16)7-9-13-10-8-12(17)15(5-2)6-3/h13H,4-10H2,1-3H3,(H,14,16). The summed E-state index contributed by atoms with van der Waals surface area (Å²) in [6, 6.07) is 0. The lowest BCUT2D eigenvalue weighted by Crippen LogP contribution is -2.33. The van der Waals surface area contributed by atoms with Crippen molar-refractivity contribution in [1.82, 2.24) is 15.5 Å². The van der Waals surface area contributed by atoms with Crippen molar-refractivity contribution in [3.63, 3.8) is 0 Å². The number of nitrogens with one attached hydrogen (secondary N) is 2. The van der Waals surface area contributed by atoms with E-state index in [1.54, 1.807) is 0 Å². The van der Waals surface area contributed by atoms with Gasteiger partial charge in [-0.25, -0.2) is 0 Å². The van der Waals surface area contributed by atoms with E-state index in [1.165, 1.54) is 0 Å². The zero-order chi connectivity index (χ0) is 13.1. The molecule has 17 heavy (non-hydrogen) atoms. The van der Waals surface area contributed by atoms with E-state index in [0.717, 1.165) is 13.1 Å². The Morgan fingerprint density at radius 2 is 1.59 bits per heavy atom. The summed E-state index contributed by atoms with van der Waals surface area (Å²) in [4.78, 5) is 24.5.